The van der Waals surface area contributed by atoms with Crippen molar-refractivity contribution >= 4 is 23.1 Å². The van der Waals surface area contributed by atoms with Gasteiger partial charge in [-0.25, -0.2) is 9.97 Å². The van der Waals surface area contributed by atoms with Crippen LogP contribution in [0.2, 0.25) is 0 Å². The molecule has 1 fully saturated rings. The largest absolute Gasteiger partial charge is 0.477 e. The van der Waals surface area contributed by atoms with Gasteiger partial charge >= 0.3 is 6.18 Å². The molecule has 34 heavy (non-hydrogen) atoms. The zero-order valence-corrected chi connectivity index (χ0v) is 17.5. The van der Waals surface area contributed by atoms with Gasteiger partial charge < -0.3 is 20.3 Å². The quantitative estimate of drug-likeness (QED) is 0.563. The lowest BCUT2D eigenvalue weighted by Crippen LogP contribution is -2.44. The van der Waals surface area contributed by atoms with Gasteiger partial charge in [0.1, 0.15) is 17.6 Å². The topological polar surface area (TPSA) is 79.4 Å². The molecule has 0 radical (unpaired) electrons. The van der Waals surface area contributed by atoms with Crippen LogP contribution in [0.25, 0.3) is 0 Å². The van der Waals surface area contributed by atoms with Crippen molar-refractivity contribution in [2.75, 3.05) is 29.2 Å². The summed E-state index contributed by atoms with van der Waals surface area (Å²) in [6.07, 6.45) is -2.85. The summed E-state index contributed by atoms with van der Waals surface area (Å²) in [5.41, 5.74) is 1.42. The second-order valence-corrected chi connectivity index (χ2v) is 8.11. The first-order valence-corrected chi connectivity index (χ1v) is 10.1. The monoisotopic (exact) mass is 483 g/mol. The van der Waals surface area contributed by atoms with Gasteiger partial charge in [0.05, 0.1) is 23.7 Å². The molecule has 2 N–H and O–H groups in total. The second-order valence-electron chi connectivity index (χ2n) is 8.11. The predicted octanol–water partition coefficient (Wildman–Crippen LogP) is 5.76. The SMILES string of the molecule is C.C.C.Cc1nc(NC2CC(COc3cccc(C(F)(F)F)n3)C2)cc2c1NC(=O)[C@H](C)N2C. The number of hydrogen-bond acceptors (Lipinski definition) is 6. The van der Waals surface area contributed by atoms with E-state index >= 15 is 0 Å². The molecule has 190 valence electrons. The number of nitrogens with one attached hydrogen (secondary N) is 2. The molecule has 1 aliphatic carbocycles. The number of nitrogens with zero attached hydrogens (tertiary/aromatic N) is 3. The maximum atomic E-state index is 12.7. The summed E-state index contributed by atoms with van der Waals surface area (Å²) in [5, 5.41) is 6.31. The first kappa shape index (κ1) is 29.0. The Morgan fingerprint density at radius 1 is 1.21 bits per heavy atom. The molecule has 7 nitrogen and oxygen atoms in total. The standard InChI is InChI=1S/C21H24F3N5O2.3CH4/c1-11-19-15(29(3)12(2)20(30)28-19)9-17(25-11)26-14-7-13(8-14)10-31-18-6-4-5-16(27-18)21(22,23)24;;;/h4-6,9,12-14H,7-8,10H2,1-3H3,(H,25,26)(H,28,30);3*1H4/t12-,13?,14?;;;/m0.../s1. The van der Waals surface area contributed by atoms with Crippen molar-refractivity contribution in [3.05, 3.63) is 35.7 Å². The van der Waals surface area contributed by atoms with E-state index in [1.165, 1.54) is 12.1 Å². The summed E-state index contributed by atoms with van der Waals surface area (Å²) < 4.78 is 43.7. The molecule has 0 bridgehead atoms. The van der Waals surface area contributed by atoms with Crippen molar-refractivity contribution in [2.24, 2.45) is 5.92 Å². The number of alkyl halides is 3. The Balaban J connectivity index is 0.00000193. The lowest BCUT2D eigenvalue weighted by atomic mass is 9.81. The second kappa shape index (κ2) is 10.9. The maximum absolute atomic E-state index is 12.7. The molecule has 2 aromatic rings. The number of carbonyl (C=O) groups excluding carboxylic acids is 1. The van der Waals surface area contributed by atoms with Crippen LogP contribution in [0.3, 0.4) is 0 Å². The predicted molar refractivity (Wildman–Crippen MR) is 131 cm³/mol. The summed E-state index contributed by atoms with van der Waals surface area (Å²) in [4.78, 5) is 22.0. The Morgan fingerprint density at radius 3 is 2.53 bits per heavy atom. The fraction of sp³-hybridized carbons (Fsp3) is 0.542. The smallest absolute Gasteiger partial charge is 0.433 e. The van der Waals surface area contributed by atoms with Crippen molar-refractivity contribution in [2.45, 2.75) is 67.2 Å². The number of carbonyl (C=O) groups is 1. The Bertz CT molecular complexity index is 993. The minimum absolute atomic E-state index is 0. The van der Waals surface area contributed by atoms with Crippen molar-refractivity contribution in [1.82, 2.24) is 9.97 Å². The van der Waals surface area contributed by atoms with Gasteiger partial charge in [-0.1, -0.05) is 28.3 Å². The number of ether oxygens (including phenoxy) is 1. The number of amides is 1. The Kier molecular flexibility index (Phi) is 9.32. The van der Waals surface area contributed by atoms with Crippen LogP contribution in [0.1, 0.15) is 53.4 Å². The third-order valence-corrected chi connectivity index (χ3v) is 5.84. The zero-order valence-electron chi connectivity index (χ0n) is 17.5. The summed E-state index contributed by atoms with van der Waals surface area (Å²) >= 11 is 0. The van der Waals surface area contributed by atoms with Crippen LogP contribution in [0.15, 0.2) is 24.3 Å². The van der Waals surface area contributed by atoms with Crippen molar-refractivity contribution in [1.29, 1.82) is 0 Å². The number of aromatic nitrogens is 2. The lowest BCUT2D eigenvalue weighted by molar-refractivity contribution is -0.141. The number of anilines is 3. The fourth-order valence-electron chi connectivity index (χ4n) is 3.83. The molecule has 2 aliphatic rings. The van der Waals surface area contributed by atoms with E-state index in [0.29, 0.717) is 6.61 Å². The molecule has 0 unspecified atom stereocenters. The van der Waals surface area contributed by atoms with E-state index in [0.717, 1.165) is 41.8 Å². The summed E-state index contributed by atoms with van der Waals surface area (Å²) in [6.45, 7) is 4.01. The lowest BCUT2D eigenvalue weighted by Gasteiger charge is -2.37. The van der Waals surface area contributed by atoms with E-state index in [2.05, 4.69) is 20.6 Å². The normalized spacial score (nSPS) is 20.9. The number of hydrogen-bond donors (Lipinski definition) is 2. The van der Waals surface area contributed by atoms with Gasteiger partial charge in [-0.3, -0.25) is 4.79 Å². The van der Waals surface area contributed by atoms with Crippen LogP contribution >= 0.6 is 0 Å². The van der Waals surface area contributed by atoms with Gasteiger partial charge in [0.2, 0.25) is 11.8 Å². The highest BCUT2D eigenvalue weighted by atomic mass is 19.4. The number of aryl methyl sites for hydroxylation is 1. The van der Waals surface area contributed by atoms with Crippen LogP contribution in [-0.2, 0) is 11.0 Å². The third kappa shape index (κ3) is 5.90. The van der Waals surface area contributed by atoms with Gasteiger partial charge in [-0.15, -0.1) is 0 Å². The molecular weight excluding hydrogens is 447 g/mol. The minimum atomic E-state index is -4.49. The molecule has 10 heteroatoms. The van der Waals surface area contributed by atoms with Crippen molar-refractivity contribution in [3.63, 3.8) is 0 Å². The Labute approximate surface area is 200 Å². The number of fused-ring (bicyclic) bond motifs is 1. The van der Waals surface area contributed by atoms with E-state index in [9.17, 15) is 18.0 Å². The van der Waals surface area contributed by atoms with Gasteiger partial charge in [-0.05, 0) is 38.7 Å². The molecule has 1 aliphatic heterocycles. The van der Waals surface area contributed by atoms with Crippen LogP contribution in [-0.4, -0.2) is 41.6 Å². The highest BCUT2D eigenvalue weighted by molar-refractivity contribution is 6.04. The van der Waals surface area contributed by atoms with E-state index in [1.54, 1.807) is 0 Å². The van der Waals surface area contributed by atoms with E-state index in [-0.39, 0.29) is 52.1 Å². The molecule has 2 aromatic heterocycles. The van der Waals surface area contributed by atoms with Gasteiger partial charge in [0, 0.05) is 25.2 Å². The van der Waals surface area contributed by atoms with Crippen LogP contribution in [0.4, 0.5) is 30.4 Å². The number of halogens is 3. The molecule has 0 spiro atoms. The van der Waals surface area contributed by atoms with Crippen molar-refractivity contribution < 1.29 is 22.7 Å². The summed E-state index contributed by atoms with van der Waals surface area (Å²) in [6, 6.07) is 5.51. The molecule has 1 amide bonds. The highest BCUT2D eigenvalue weighted by Gasteiger charge is 2.34. The van der Waals surface area contributed by atoms with Crippen LogP contribution < -0.4 is 20.3 Å². The first-order valence-electron chi connectivity index (χ1n) is 10.1. The van der Waals surface area contributed by atoms with Crippen molar-refractivity contribution in [3.8, 4) is 5.88 Å². The summed E-state index contributed by atoms with van der Waals surface area (Å²) in [5.74, 6) is 0.889. The number of pyridine rings is 2. The third-order valence-electron chi connectivity index (χ3n) is 5.84. The van der Waals surface area contributed by atoms with Gasteiger partial charge in [-0.2, -0.15) is 13.2 Å². The van der Waals surface area contributed by atoms with Crippen LogP contribution in [0, 0.1) is 12.8 Å². The number of rotatable bonds is 5. The first-order chi connectivity index (χ1) is 14.6. The zero-order chi connectivity index (χ0) is 22.3. The fourth-order valence-corrected chi connectivity index (χ4v) is 3.83. The van der Waals surface area contributed by atoms with Gasteiger partial charge in [0.15, 0.2) is 0 Å². The molecule has 1 saturated carbocycles. The Morgan fingerprint density at radius 2 is 1.88 bits per heavy atom. The van der Waals surface area contributed by atoms with Gasteiger partial charge in [0.25, 0.3) is 0 Å². The maximum Gasteiger partial charge on any atom is 0.433 e. The molecule has 3 heterocycles. The van der Waals surface area contributed by atoms with E-state index in [4.69, 9.17) is 4.74 Å². The van der Waals surface area contributed by atoms with Crippen LogP contribution in [0.5, 0.6) is 5.88 Å². The van der Waals surface area contributed by atoms with E-state index in [1.807, 2.05) is 31.9 Å². The summed E-state index contributed by atoms with van der Waals surface area (Å²) in [7, 11) is 1.88. The molecular formula is C24H36F3N5O2. The molecule has 1 atom stereocenters. The number of likely N-dealkylation sites (N-methyl/N-ethyl adjacent to an activating group) is 1. The average Bonchev–Trinajstić information content (AvgIpc) is 2.68. The minimum Gasteiger partial charge on any atom is -0.477 e. The molecule has 0 saturated heterocycles. The van der Waals surface area contributed by atoms with E-state index < -0.39 is 11.9 Å². The molecule has 4 rings (SSSR count). The average molecular weight is 484 g/mol. The molecule has 0 aromatic carbocycles. The Hall–Kier alpha value is -3.04. The highest BCUT2D eigenvalue weighted by Crippen LogP contribution is 2.37.